The van der Waals surface area contributed by atoms with Gasteiger partial charge in [-0.15, -0.1) is 0 Å². The molecule has 0 N–H and O–H groups in total. The summed E-state index contributed by atoms with van der Waals surface area (Å²) in [7, 11) is 1.31. The van der Waals surface area contributed by atoms with E-state index in [4.69, 9.17) is 4.74 Å². The van der Waals surface area contributed by atoms with Crippen LogP contribution in [0.15, 0.2) is 48.5 Å². The molecule has 0 radical (unpaired) electrons. The number of methoxy groups -OCH3 is 1. The fourth-order valence-corrected chi connectivity index (χ4v) is 3.21. The fraction of sp³-hybridized carbons (Fsp3) is 0.238. The Morgan fingerprint density at radius 2 is 1.78 bits per heavy atom. The molecule has 2 aromatic carbocycles. The lowest BCUT2D eigenvalue weighted by molar-refractivity contribution is -0.137. The van der Waals surface area contributed by atoms with Crippen molar-refractivity contribution in [1.29, 1.82) is 0 Å². The first-order chi connectivity index (χ1) is 12.9. The molecule has 4 rings (SSSR count). The predicted molar refractivity (Wildman–Crippen MR) is 95.5 cm³/mol. The van der Waals surface area contributed by atoms with Crippen molar-refractivity contribution in [3.63, 3.8) is 0 Å². The Morgan fingerprint density at radius 1 is 1.07 bits per heavy atom. The van der Waals surface area contributed by atoms with Gasteiger partial charge in [0.2, 0.25) is 0 Å². The standard InChI is InChI=1S/C21H16F3NO2/c1-27-20(26)14-6-9-16-17(12-2-3-12)11-18(25-19(16)10-14)13-4-7-15(8-5-13)21(22,23)24/h4-12H,2-3H2,1H3. The Hall–Kier alpha value is -2.89. The van der Waals surface area contributed by atoms with Crippen LogP contribution in [0.25, 0.3) is 22.2 Å². The van der Waals surface area contributed by atoms with Gasteiger partial charge in [-0.3, -0.25) is 0 Å². The molecule has 0 aliphatic heterocycles. The van der Waals surface area contributed by atoms with Crippen LogP contribution in [0.2, 0.25) is 0 Å². The number of carbonyl (C=O) groups is 1. The molecule has 138 valence electrons. The number of rotatable bonds is 3. The number of hydrogen-bond acceptors (Lipinski definition) is 3. The third-order valence-electron chi connectivity index (χ3n) is 4.79. The van der Waals surface area contributed by atoms with E-state index in [0.717, 1.165) is 35.9 Å². The van der Waals surface area contributed by atoms with Crippen molar-refractivity contribution in [3.05, 3.63) is 65.2 Å². The molecule has 0 amide bonds. The third kappa shape index (κ3) is 3.39. The van der Waals surface area contributed by atoms with Gasteiger partial charge < -0.3 is 4.74 Å². The quantitative estimate of drug-likeness (QED) is 0.564. The van der Waals surface area contributed by atoms with Crippen molar-refractivity contribution in [1.82, 2.24) is 4.98 Å². The zero-order chi connectivity index (χ0) is 19.2. The average molecular weight is 371 g/mol. The molecule has 1 aliphatic rings. The topological polar surface area (TPSA) is 39.2 Å². The highest BCUT2D eigenvalue weighted by atomic mass is 19.4. The van der Waals surface area contributed by atoms with Crippen molar-refractivity contribution in [2.75, 3.05) is 7.11 Å². The van der Waals surface area contributed by atoms with Crippen LogP contribution < -0.4 is 0 Å². The summed E-state index contributed by atoms with van der Waals surface area (Å²) in [5, 5.41) is 0.959. The Morgan fingerprint density at radius 3 is 2.37 bits per heavy atom. The van der Waals surface area contributed by atoms with Gasteiger partial charge >= 0.3 is 12.1 Å². The van der Waals surface area contributed by atoms with E-state index in [1.807, 2.05) is 12.1 Å². The number of hydrogen-bond donors (Lipinski definition) is 0. The molecule has 0 saturated heterocycles. The van der Waals surface area contributed by atoms with Gasteiger partial charge in [0.25, 0.3) is 0 Å². The first-order valence-electron chi connectivity index (χ1n) is 8.57. The number of nitrogens with zero attached hydrogens (tertiary/aromatic N) is 1. The number of fused-ring (bicyclic) bond motifs is 1. The van der Waals surface area contributed by atoms with Gasteiger partial charge in [0.05, 0.1) is 29.4 Å². The summed E-state index contributed by atoms with van der Waals surface area (Å²) < 4.78 is 43.2. The zero-order valence-electron chi connectivity index (χ0n) is 14.5. The number of halogens is 3. The van der Waals surface area contributed by atoms with Crippen LogP contribution in [0.1, 0.15) is 40.2 Å². The number of pyridine rings is 1. The van der Waals surface area contributed by atoms with Crippen LogP contribution in [0.4, 0.5) is 13.2 Å². The molecule has 0 unspecified atom stereocenters. The summed E-state index contributed by atoms with van der Waals surface area (Å²) in [4.78, 5) is 16.4. The molecule has 3 nitrogen and oxygen atoms in total. The van der Waals surface area contributed by atoms with E-state index in [9.17, 15) is 18.0 Å². The Labute approximate surface area is 153 Å². The SMILES string of the molecule is COC(=O)c1ccc2c(C3CC3)cc(-c3ccc(C(F)(F)F)cc3)nc2c1. The predicted octanol–water partition coefficient (Wildman–Crippen LogP) is 5.58. The van der Waals surface area contributed by atoms with Crippen LogP contribution >= 0.6 is 0 Å². The highest BCUT2D eigenvalue weighted by Crippen LogP contribution is 2.44. The van der Waals surface area contributed by atoms with E-state index in [1.165, 1.54) is 19.2 Å². The number of alkyl halides is 3. The van der Waals surface area contributed by atoms with Gasteiger partial charge in [-0.1, -0.05) is 18.2 Å². The van der Waals surface area contributed by atoms with E-state index in [-0.39, 0.29) is 0 Å². The van der Waals surface area contributed by atoms with Crippen molar-refractivity contribution in [2.45, 2.75) is 24.9 Å². The maximum absolute atomic E-state index is 12.8. The molecular formula is C21H16F3NO2. The number of carbonyl (C=O) groups excluding carboxylic acids is 1. The molecule has 27 heavy (non-hydrogen) atoms. The second-order valence-electron chi connectivity index (χ2n) is 6.67. The average Bonchev–Trinajstić information content (AvgIpc) is 3.50. The van der Waals surface area contributed by atoms with Crippen LogP contribution in [0.3, 0.4) is 0 Å². The summed E-state index contributed by atoms with van der Waals surface area (Å²) >= 11 is 0. The zero-order valence-corrected chi connectivity index (χ0v) is 14.5. The molecule has 1 saturated carbocycles. The lowest BCUT2D eigenvalue weighted by Crippen LogP contribution is -2.04. The summed E-state index contributed by atoms with van der Waals surface area (Å²) in [6.45, 7) is 0. The fourth-order valence-electron chi connectivity index (χ4n) is 3.21. The molecule has 6 heteroatoms. The molecule has 3 aromatic rings. The highest BCUT2D eigenvalue weighted by Gasteiger charge is 2.30. The van der Waals surface area contributed by atoms with Crippen molar-refractivity contribution < 1.29 is 22.7 Å². The minimum atomic E-state index is -4.37. The first-order valence-corrected chi connectivity index (χ1v) is 8.57. The van der Waals surface area contributed by atoms with Crippen LogP contribution in [-0.4, -0.2) is 18.1 Å². The van der Waals surface area contributed by atoms with Crippen molar-refractivity contribution in [2.24, 2.45) is 0 Å². The second-order valence-corrected chi connectivity index (χ2v) is 6.67. The van der Waals surface area contributed by atoms with E-state index in [1.54, 1.807) is 12.1 Å². The minimum Gasteiger partial charge on any atom is -0.465 e. The van der Waals surface area contributed by atoms with Gasteiger partial charge in [0.15, 0.2) is 0 Å². The smallest absolute Gasteiger partial charge is 0.416 e. The van der Waals surface area contributed by atoms with Crippen molar-refractivity contribution in [3.8, 4) is 11.3 Å². The van der Waals surface area contributed by atoms with Crippen LogP contribution in [0, 0.1) is 0 Å². The maximum Gasteiger partial charge on any atom is 0.416 e. The molecule has 0 spiro atoms. The Bertz CT molecular complexity index is 1020. The Kier molecular flexibility index (Phi) is 4.13. The minimum absolute atomic E-state index is 0.392. The normalized spacial score (nSPS) is 14.4. The molecule has 0 atom stereocenters. The summed E-state index contributed by atoms with van der Waals surface area (Å²) in [6.07, 6.45) is -2.22. The lowest BCUT2D eigenvalue weighted by atomic mass is 9.99. The van der Waals surface area contributed by atoms with E-state index >= 15 is 0 Å². The molecule has 1 fully saturated rings. The summed E-state index contributed by atoms with van der Waals surface area (Å²) in [6, 6.07) is 12.2. The third-order valence-corrected chi connectivity index (χ3v) is 4.79. The number of ether oxygens (including phenoxy) is 1. The van der Waals surface area contributed by atoms with Gasteiger partial charge in [-0.2, -0.15) is 13.2 Å². The van der Waals surface area contributed by atoms with Gasteiger partial charge in [0, 0.05) is 10.9 Å². The molecular weight excluding hydrogens is 355 g/mol. The largest absolute Gasteiger partial charge is 0.465 e. The molecule has 1 heterocycles. The van der Waals surface area contributed by atoms with Crippen molar-refractivity contribution >= 4 is 16.9 Å². The first kappa shape index (κ1) is 17.5. The van der Waals surface area contributed by atoms with Crippen LogP contribution in [-0.2, 0) is 10.9 Å². The van der Waals surface area contributed by atoms with Gasteiger partial charge in [-0.05, 0) is 54.7 Å². The Balaban J connectivity index is 1.84. The summed E-state index contributed by atoms with van der Waals surface area (Å²) in [5.41, 5.74) is 2.66. The van der Waals surface area contributed by atoms with Gasteiger partial charge in [-0.25, -0.2) is 9.78 Å². The monoisotopic (exact) mass is 371 g/mol. The number of benzene rings is 2. The van der Waals surface area contributed by atoms with E-state index in [2.05, 4.69) is 4.98 Å². The summed E-state index contributed by atoms with van der Waals surface area (Å²) in [5.74, 6) is -0.0284. The van der Waals surface area contributed by atoms with Crippen LogP contribution in [0.5, 0.6) is 0 Å². The second kappa shape index (κ2) is 6.37. The highest BCUT2D eigenvalue weighted by molar-refractivity contribution is 5.96. The molecule has 0 bridgehead atoms. The van der Waals surface area contributed by atoms with E-state index in [0.29, 0.717) is 28.3 Å². The number of esters is 1. The van der Waals surface area contributed by atoms with Gasteiger partial charge in [0.1, 0.15) is 0 Å². The molecule has 1 aromatic heterocycles. The maximum atomic E-state index is 12.8. The lowest BCUT2D eigenvalue weighted by Gasteiger charge is -2.11. The number of aromatic nitrogens is 1. The van der Waals surface area contributed by atoms with E-state index < -0.39 is 17.7 Å². The molecule has 1 aliphatic carbocycles.